The number of hydrogen-bond acceptors (Lipinski definition) is 10. The first kappa shape index (κ1) is 21.5. The van der Waals surface area contributed by atoms with Gasteiger partial charge >= 0.3 is 0 Å². The molecule has 3 N–H and O–H groups in total. The van der Waals surface area contributed by atoms with Gasteiger partial charge in [-0.1, -0.05) is 25.6 Å². The second kappa shape index (κ2) is 9.28. The van der Waals surface area contributed by atoms with Gasteiger partial charge in [-0.05, 0) is 25.1 Å². The third kappa shape index (κ3) is 4.46. The van der Waals surface area contributed by atoms with Crippen LogP contribution in [0.5, 0.6) is 11.5 Å². The highest BCUT2D eigenvalue weighted by molar-refractivity contribution is 7.99. The van der Waals surface area contributed by atoms with Crippen LogP contribution in [0.4, 0.5) is 5.82 Å². The Morgan fingerprint density at radius 3 is 2.73 bits per heavy atom. The minimum absolute atomic E-state index is 0.357. The number of nitrogens with one attached hydrogen (secondary N) is 1. The Labute approximate surface area is 194 Å². The maximum Gasteiger partial charge on any atom is 0.227 e. The summed E-state index contributed by atoms with van der Waals surface area (Å²) in [5, 5.41) is 4.21. The van der Waals surface area contributed by atoms with Crippen LogP contribution >= 0.6 is 11.8 Å². The van der Waals surface area contributed by atoms with Gasteiger partial charge in [0.2, 0.25) is 5.89 Å². The Morgan fingerprint density at radius 1 is 1.15 bits per heavy atom. The lowest BCUT2D eigenvalue weighted by Crippen LogP contribution is -2.24. The summed E-state index contributed by atoms with van der Waals surface area (Å²) in [4.78, 5) is 18.6. The quantitative estimate of drug-likeness (QED) is 0.372. The van der Waals surface area contributed by atoms with Gasteiger partial charge in [-0.3, -0.25) is 0 Å². The Morgan fingerprint density at radius 2 is 1.97 bits per heavy atom. The molecule has 0 atom stereocenters. The predicted molar refractivity (Wildman–Crippen MR) is 125 cm³/mol. The van der Waals surface area contributed by atoms with Crippen molar-refractivity contribution in [1.29, 1.82) is 0 Å². The fraction of sp³-hybridized carbons (Fsp3) is 0.364. The van der Waals surface area contributed by atoms with Gasteiger partial charge in [0.1, 0.15) is 25.8 Å². The van der Waals surface area contributed by atoms with Crippen molar-refractivity contribution >= 4 is 28.7 Å². The normalized spacial score (nSPS) is 13.2. The van der Waals surface area contributed by atoms with Crippen molar-refractivity contribution in [2.24, 2.45) is 0 Å². The van der Waals surface area contributed by atoms with Crippen LogP contribution in [-0.2, 0) is 6.54 Å². The molecule has 0 spiro atoms. The number of aromatic nitrogens is 5. The molecule has 4 heterocycles. The molecule has 0 saturated heterocycles. The molecular weight excluding hydrogens is 442 g/mol. The molecule has 10 nitrogen and oxygen atoms in total. The van der Waals surface area contributed by atoms with E-state index < -0.39 is 0 Å². The summed E-state index contributed by atoms with van der Waals surface area (Å²) < 4.78 is 19.3. The number of nitrogen functional groups attached to an aromatic ring is 1. The summed E-state index contributed by atoms with van der Waals surface area (Å²) >= 11 is 1.48. The van der Waals surface area contributed by atoms with Gasteiger partial charge in [-0.15, -0.1) is 0 Å². The Hall–Kier alpha value is -3.31. The topological polar surface area (TPSA) is 126 Å². The number of anilines is 1. The van der Waals surface area contributed by atoms with Crippen molar-refractivity contribution in [1.82, 2.24) is 29.8 Å². The predicted octanol–water partition coefficient (Wildman–Crippen LogP) is 3.37. The third-order valence-electron chi connectivity index (χ3n) is 5.14. The highest BCUT2D eigenvalue weighted by Crippen LogP contribution is 2.43. The van der Waals surface area contributed by atoms with Gasteiger partial charge in [0.15, 0.2) is 33.6 Å². The zero-order valence-corrected chi connectivity index (χ0v) is 19.3. The molecule has 11 heteroatoms. The Balaban J connectivity index is 1.55. The van der Waals surface area contributed by atoms with Gasteiger partial charge in [-0.2, -0.15) is 0 Å². The summed E-state index contributed by atoms with van der Waals surface area (Å²) in [6.45, 7) is 6.88. The number of rotatable bonds is 8. The first-order valence-corrected chi connectivity index (χ1v) is 11.6. The summed E-state index contributed by atoms with van der Waals surface area (Å²) in [5.74, 6) is 2.21. The van der Waals surface area contributed by atoms with Gasteiger partial charge in [0, 0.05) is 17.5 Å². The van der Waals surface area contributed by atoms with E-state index in [2.05, 4.69) is 38.7 Å². The molecule has 0 unspecified atom stereocenters. The Bertz CT molecular complexity index is 1260. The van der Waals surface area contributed by atoms with Gasteiger partial charge < -0.3 is 29.5 Å². The van der Waals surface area contributed by atoms with Crippen LogP contribution in [0.25, 0.3) is 22.6 Å². The highest BCUT2D eigenvalue weighted by atomic mass is 32.2. The molecule has 1 aromatic carbocycles. The smallest absolute Gasteiger partial charge is 0.227 e. The van der Waals surface area contributed by atoms with Crippen molar-refractivity contribution in [3.63, 3.8) is 0 Å². The van der Waals surface area contributed by atoms with Crippen molar-refractivity contribution in [2.75, 3.05) is 25.5 Å². The van der Waals surface area contributed by atoms with Gasteiger partial charge in [0.05, 0.1) is 11.8 Å². The first-order valence-electron chi connectivity index (χ1n) is 10.8. The van der Waals surface area contributed by atoms with Gasteiger partial charge in [0.25, 0.3) is 0 Å². The second-order valence-electron chi connectivity index (χ2n) is 7.87. The molecule has 0 bridgehead atoms. The molecular formula is C22H25N7O3S. The fourth-order valence-corrected chi connectivity index (χ4v) is 4.66. The van der Waals surface area contributed by atoms with Crippen LogP contribution in [0, 0.1) is 0 Å². The van der Waals surface area contributed by atoms with E-state index in [0.29, 0.717) is 53.6 Å². The number of nitrogens with two attached hydrogens (primary N) is 1. The summed E-state index contributed by atoms with van der Waals surface area (Å²) in [6.07, 6.45) is 5.55. The maximum absolute atomic E-state index is 6.11. The SMILES string of the molecule is CC(C)NCCCn1c(Sc2cc3c(cc2-c2ncco2)OCCO3)nc2c(N)ncnc21. The lowest BCUT2D eigenvalue weighted by molar-refractivity contribution is 0.171. The molecule has 0 radical (unpaired) electrons. The van der Waals surface area contributed by atoms with Crippen molar-refractivity contribution in [3.05, 3.63) is 30.9 Å². The van der Waals surface area contributed by atoms with E-state index in [4.69, 9.17) is 24.6 Å². The van der Waals surface area contributed by atoms with E-state index in [0.717, 1.165) is 35.1 Å². The van der Waals surface area contributed by atoms with Crippen molar-refractivity contribution < 1.29 is 13.9 Å². The number of fused-ring (bicyclic) bond motifs is 2. The number of hydrogen-bond donors (Lipinski definition) is 2. The molecule has 4 aromatic rings. The largest absolute Gasteiger partial charge is 0.486 e. The number of nitrogens with zero attached hydrogens (tertiary/aromatic N) is 5. The van der Waals surface area contributed by atoms with Crippen LogP contribution in [0.15, 0.2) is 45.4 Å². The first-order chi connectivity index (χ1) is 16.1. The third-order valence-corrected chi connectivity index (χ3v) is 6.20. The van der Waals surface area contributed by atoms with Crippen LogP contribution < -0.4 is 20.5 Å². The molecule has 1 aliphatic heterocycles. The van der Waals surface area contributed by atoms with E-state index in [1.54, 1.807) is 12.5 Å². The second-order valence-corrected chi connectivity index (χ2v) is 8.88. The lowest BCUT2D eigenvalue weighted by atomic mass is 10.2. The number of oxazole rings is 1. The zero-order chi connectivity index (χ0) is 22.8. The lowest BCUT2D eigenvalue weighted by Gasteiger charge is -2.20. The average Bonchev–Trinajstić information content (AvgIpc) is 3.45. The molecule has 3 aromatic heterocycles. The van der Waals surface area contributed by atoms with E-state index in [9.17, 15) is 0 Å². The highest BCUT2D eigenvalue weighted by Gasteiger charge is 2.22. The standard InChI is InChI=1S/C22H25N7O3S/c1-13(2)24-4-3-6-29-20-18(19(23)26-12-27-20)28-22(29)33-17-11-16-15(30-8-9-31-16)10-14(17)21-25-5-7-32-21/h5,7,10-13,24H,3-4,6,8-9H2,1-2H3,(H2,23,26,27). The summed E-state index contributed by atoms with van der Waals surface area (Å²) in [5.41, 5.74) is 8.22. The molecule has 1 aliphatic rings. The molecule has 0 amide bonds. The summed E-state index contributed by atoms with van der Waals surface area (Å²) in [6, 6.07) is 4.27. The monoisotopic (exact) mass is 467 g/mol. The Kier molecular flexibility index (Phi) is 6.05. The minimum atomic E-state index is 0.357. The fourth-order valence-electron chi connectivity index (χ4n) is 3.62. The van der Waals surface area contributed by atoms with Crippen LogP contribution in [0.1, 0.15) is 20.3 Å². The minimum Gasteiger partial charge on any atom is -0.486 e. The molecule has 0 fully saturated rings. The molecule has 0 aliphatic carbocycles. The molecule has 0 saturated carbocycles. The summed E-state index contributed by atoms with van der Waals surface area (Å²) in [7, 11) is 0. The van der Waals surface area contributed by atoms with Crippen LogP contribution in [-0.4, -0.2) is 50.3 Å². The van der Waals surface area contributed by atoms with E-state index in [1.807, 2.05) is 12.1 Å². The number of benzene rings is 1. The van der Waals surface area contributed by atoms with E-state index in [1.165, 1.54) is 18.1 Å². The van der Waals surface area contributed by atoms with Crippen LogP contribution in [0.3, 0.4) is 0 Å². The van der Waals surface area contributed by atoms with E-state index >= 15 is 0 Å². The van der Waals surface area contributed by atoms with Gasteiger partial charge in [-0.25, -0.2) is 19.9 Å². The van der Waals surface area contributed by atoms with Crippen molar-refractivity contribution in [3.8, 4) is 23.0 Å². The molecule has 172 valence electrons. The zero-order valence-electron chi connectivity index (χ0n) is 18.4. The molecule has 5 rings (SSSR count). The van der Waals surface area contributed by atoms with Crippen molar-refractivity contribution in [2.45, 2.75) is 42.9 Å². The molecule has 33 heavy (non-hydrogen) atoms. The maximum atomic E-state index is 6.11. The average molecular weight is 468 g/mol. The van der Waals surface area contributed by atoms with E-state index in [-0.39, 0.29) is 0 Å². The number of ether oxygens (including phenoxy) is 2. The van der Waals surface area contributed by atoms with Crippen LogP contribution in [0.2, 0.25) is 0 Å². The number of imidazole rings is 1. The number of aryl methyl sites for hydroxylation is 1.